The SMILES string of the molecule is CNc1ccc(C2CCN(C(=O)OC(C)(C)C)CC2)cc1.CNc1ccc(C2CN(C(=O)OC(C)(C)C)CCO2)cc1.CNc1ccc(N2CCN(C(=O)OC(C)(C)C)CC2)cc1. The van der Waals surface area contributed by atoms with E-state index >= 15 is 0 Å². The molecule has 348 valence electrons. The van der Waals surface area contributed by atoms with E-state index in [0.717, 1.165) is 61.6 Å². The first-order valence-electron chi connectivity index (χ1n) is 22.3. The Labute approximate surface area is 376 Å². The van der Waals surface area contributed by atoms with Gasteiger partial charge in [0.05, 0.1) is 13.2 Å². The maximum absolute atomic E-state index is 12.1. The summed E-state index contributed by atoms with van der Waals surface area (Å²) in [6.07, 6.45) is 1.22. The maximum atomic E-state index is 12.1. The van der Waals surface area contributed by atoms with E-state index in [9.17, 15) is 14.4 Å². The molecule has 14 nitrogen and oxygen atoms in total. The van der Waals surface area contributed by atoms with Crippen molar-refractivity contribution in [2.45, 2.75) is 104 Å². The van der Waals surface area contributed by atoms with E-state index in [1.807, 2.05) is 113 Å². The number of piperidine rings is 1. The lowest BCUT2D eigenvalue weighted by Gasteiger charge is -2.36. The highest BCUT2D eigenvalue weighted by Gasteiger charge is 2.30. The van der Waals surface area contributed by atoms with Crippen molar-refractivity contribution in [3.05, 3.63) is 83.9 Å². The van der Waals surface area contributed by atoms with Gasteiger partial charge in [0, 0.05) is 89.7 Å². The van der Waals surface area contributed by atoms with E-state index in [4.69, 9.17) is 18.9 Å². The molecule has 3 heterocycles. The van der Waals surface area contributed by atoms with Crippen molar-refractivity contribution in [2.24, 2.45) is 0 Å². The number of carbonyl (C=O) groups is 3. The number of ether oxygens (including phenoxy) is 4. The van der Waals surface area contributed by atoms with E-state index in [1.54, 1.807) is 9.80 Å². The fourth-order valence-corrected chi connectivity index (χ4v) is 7.16. The number of amides is 3. The van der Waals surface area contributed by atoms with Crippen molar-refractivity contribution < 1.29 is 33.3 Å². The molecule has 3 aromatic rings. The first-order valence-corrected chi connectivity index (χ1v) is 22.3. The number of benzene rings is 3. The Kier molecular flexibility index (Phi) is 18.2. The zero-order chi connectivity index (χ0) is 46.4. The highest BCUT2D eigenvalue weighted by molar-refractivity contribution is 5.69. The van der Waals surface area contributed by atoms with E-state index in [0.29, 0.717) is 38.7 Å². The van der Waals surface area contributed by atoms with Crippen LogP contribution in [0.25, 0.3) is 0 Å². The topological polar surface area (TPSA) is 137 Å². The predicted octanol–water partition coefficient (Wildman–Crippen LogP) is 9.66. The first-order chi connectivity index (χ1) is 29.7. The second-order valence-electron chi connectivity index (χ2n) is 19.0. The van der Waals surface area contributed by atoms with Crippen LogP contribution >= 0.6 is 0 Å². The van der Waals surface area contributed by atoms with Crippen molar-refractivity contribution in [1.29, 1.82) is 0 Å². The van der Waals surface area contributed by atoms with Gasteiger partial charge in [0.1, 0.15) is 22.9 Å². The molecule has 3 fully saturated rings. The lowest BCUT2D eigenvalue weighted by molar-refractivity contribution is -0.0432. The number of hydrogen-bond acceptors (Lipinski definition) is 11. The van der Waals surface area contributed by atoms with Crippen LogP contribution in [0.4, 0.5) is 37.1 Å². The van der Waals surface area contributed by atoms with Crippen molar-refractivity contribution in [3.63, 3.8) is 0 Å². The molecule has 0 radical (unpaired) electrons. The average Bonchev–Trinajstić information content (AvgIpc) is 3.25. The number of rotatable bonds is 6. The third kappa shape index (κ3) is 17.0. The molecule has 0 bridgehead atoms. The van der Waals surface area contributed by atoms with Crippen LogP contribution in [0.3, 0.4) is 0 Å². The molecule has 0 aliphatic carbocycles. The molecule has 0 aromatic heterocycles. The monoisotopic (exact) mass is 874 g/mol. The van der Waals surface area contributed by atoms with Crippen molar-refractivity contribution >= 4 is 41.0 Å². The van der Waals surface area contributed by atoms with Gasteiger partial charge in [0.25, 0.3) is 0 Å². The van der Waals surface area contributed by atoms with Gasteiger partial charge in [-0.2, -0.15) is 0 Å². The zero-order valence-corrected chi connectivity index (χ0v) is 40.0. The Hall–Kier alpha value is -5.37. The molecular weight excluding hydrogens is 799 g/mol. The molecule has 1 atom stereocenters. The first kappa shape index (κ1) is 50.3. The lowest BCUT2D eigenvalue weighted by atomic mass is 9.89. The van der Waals surface area contributed by atoms with Crippen LogP contribution in [0.2, 0.25) is 0 Å². The molecule has 3 aliphatic heterocycles. The summed E-state index contributed by atoms with van der Waals surface area (Å²) in [6.45, 7) is 23.2. The van der Waals surface area contributed by atoms with Gasteiger partial charge in [-0.05, 0) is 141 Å². The van der Waals surface area contributed by atoms with Crippen LogP contribution in [0, 0.1) is 0 Å². The fraction of sp³-hybridized carbons (Fsp3) is 0.571. The standard InChI is InChI=1S/C17H26N2O2.C16H25N3O2.C16H24N2O3/c1-17(2,3)21-16(20)19-11-9-14(10-12-19)13-5-7-15(18-4)8-6-13;1-16(2,3)21-15(20)19-11-9-18(10-12-19)14-7-5-13(17-4)6-8-14;1-16(2,3)21-15(19)18-9-10-20-14(11-18)12-5-7-13(17-4)8-6-12/h5-8,14,18H,9-12H2,1-4H3;5-8,17H,9-12H2,1-4H3;5-8,14,17H,9-11H2,1-4H3. The Bertz CT molecular complexity index is 1760. The predicted molar refractivity (Wildman–Crippen MR) is 254 cm³/mol. The summed E-state index contributed by atoms with van der Waals surface area (Å²) in [7, 11) is 5.72. The Morgan fingerprint density at radius 1 is 0.508 bits per heavy atom. The highest BCUT2D eigenvalue weighted by atomic mass is 16.6. The van der Waals surface area contributed by atoms with Crippen molar-refractivity contribution in [2.75, 3.05) is 101 Å². The zero-order valence-electron chi connectivity index (χ0n) is 40.0. The second-order valence-corrected chi connectivity index (χ2v) is 19.0. The van der Waals surface area contributed by atoms with Crippen molar-refractivity contribution in [1.82, 2.24) is 14.7 Å². The average molecular weight is 874 g/mol. The number of nitrogens with zero attached hydrogens (tertiary/aromatic N) is 4. The van der Waals surface area contributed by atoms with Gasteiger partial charge in [0.2, 0.25) is 0 Å². The van der Waals surface area contributed by atoms with Crippen LogP contribution in [-0.2, 0) is 18.9 Å². The van der Waals surface area contributed by atoms with Gasteiger partial charge in [-0.1, -0.05) is 24.3 Å². The number of piperazine rings is 1. The molecule has 3 aliphatic rings. The normalized spacial score (nSPS) is 17.2. The smallest absolute Gasteiger partial charge is 0.410 e. The fourth-order valence-electron chi connectivity index (χ4n) is 7.16. The maximum Gasteiger partial charge on any atom is 0.410 e. The van der Waals surface area contributed by atoms with E-state index in [-0.39, 0.29) is 24.4 Å². The number of hydrogen-bond donors (Lipinski definition) is 3. The van der Waals surface area contributed by atoms with Crippen LogP contribution in [0.5, 0.6) is 0 Å². The van der Waals surface area contributed by atoms with Gasteiger partial charge >= 0.3 is 18.3 Å². The molecular formula is C49H75N7O7. The summed E-state index contributed by atoms with van der Waals surface area (Å²) >= 11 is 0. The molecule has 3 amide bonds. The lowest BCUT2D eigenvalue weighted by Crippen LogP contribution is -2.50. The molecule has 14 heteroatoms. The number of carbonyl (C=O) groups excluding carboxylic acids is 3. The highest BCUT2D eigenvalue weighted by Crippen LogP contribution is 2.30. The van der Waals surface area contributed by atoms with E-state index in [1.165, 1.54) is 11.3 Å². The van der Waals surface area contributed by atoms with E-state index < -0.39 is 16.8 Å². The number of nitrogens with one attached hydrogen (secondary N) is 3. The molecule has 63 heavy (non-hydrogen) atoms. The molecule has 6 rings (SSSR count). The quantitative estimate of drug-likeness (QED) is 0.204. The minimum Gasteiger partial charge on any atom is -0.444 e. The van der Waals surface area contributed by atoms with Gasteiger partial charge < -0.3 is 54.5 Å². The van der Waals surface area contributed by atoms with Gasteiger partial charge in [-0.25, -0.2) is 14.4 Å². The largest absolute Gasteiger partial charge is 0.444 e. The summed E-state index contributed by atoms with van der Waals surface area (Å²) in [4.78, 5) is 43.8. The third-order valence-electron chi connectivity index (χ3n) is 10.6. The summed E-state index contributed by atoms with van der Waals surface area (Å²) in [6, 6.07) is 25.0. The molecule has 0 saturated carbocycles. The van der Waals surface area contributed by atoms with Gasteiger partial charge in [-0.15, -0.1) is 0 Å². The summed E-state index contributed by atoms with van der Waals surface area (Å²) in [5.41, 5.74) is 5.58. The Morgan fingerprint density at radius 2 is 0.889 bits per heavy atom. The minimum absolute atomic E-state index is 0.0998. The summed E-state index contributed by atoms with van der Waals surface area (Å²) < 4.78 is 22.0. The molecule has 0 spiro atoms. The summed E-state index contributed by atoms with van der Waals surface area (Å²) in [5.74, 6) is 0.537. The second kappa shape index (κ2) is 22.8. The molecule has 3 aromatic carbocycles. The Balaban J connectivity index is 0.000000207. The van der Waals surface area contributed by atoms with Gasteiger partial charge in [-0.3, -0.25) is 0 Å². The van der Waals surface area contributed by atoms with Crippen LogP contribution < -0.4 is 20.9 Å². The van der Waals surface area contributed by atoms with Crippen LogP contribution in [0.1, 0.15) is 98.3 Å². The van der Waals surface area contributed by atoms with Crippen molar-refractivity contribution in [3.8, 4) is 0 Å². The minimum atomic E-state index is -0.473. The van der Waals surface area contributed by atoms with Crippen LogP contribution in [-0.4, -0.2) is 130 Å². The van der Waals surface area contributed by atoms with Gasteiger partial charge in [0.15, 0.2) is 0 Å². The number of anilines is 4. The third-order valence-corrected chi connectivity index (χ3v) is 10.6. The molecule has 3 saturated heterocycles. The molecule has 1 unspecified atom stereocenters. The molecule has 3 N–H and O–H groups in total. The Morgan fingerprint density at radius 3 is 1.30 bits per heavy atom. The summed E-state index contributed by atoms with van der Waals surface area (Å²) in [5, 5.41) is 9.33. The number of likely N-dealkylation sites (tertiary alicyclic amines) is 1. The number of morpholine rings is 1. The van der Waals surface area contributed by atoms with Crippen LogP contribution in [0.15, 0.2) is 72.8 Å². The van der Waals surface area contributed by atoms with E-state index in [2.05, 4.69) is 69.4 Å².